The molecule has 0 amide bonds. The molecular weight excluding hydrogens is 222 g/mol. The predicted octanol–water partition coefficient (Wildman–Crippen LogP) is 1.24. The van der Waals surface area contributed by atoms with Gasteiger partial charge in [0.1, 0.15) is 0 Å². The van der Waals surface area contributed by atoms with Crippen molar-refractivity contribution in [2.24, 2.45) is 0 Å². The lowest BCUT2D eigenvalue weighted by molar-refractivity contribution is 0.230. The zero-order valence-electron chi connectivity index (χ0n) is 9.76. The van der Waals surface area contributed by atoms with Crippen LogP contribution in [0.4, 0.5) is 0 Å². The molecule has 0 aliphatic carbocycles. The number of rotatable bonds is 7. The molecule has 0 bridgehead atoms. The van der Waals surface area contributed by atoms with Crippen LogP contribution < -0.4 is 5.32 Å². The zero-order valence-corrected chi connectivity index (χ0v) is 10.6. The Kier molecular flexibility index (Phi) is 6.37. The molecule has 2 N–H and O–H groups in total. The highest BCUT2D eigenvalue weighted by atomic mass is 32.2. The van der Waals surface area contributed by atoms with E-state index in [9.17, 15) is 5.11 Å². The van der Waals surface area contributed by atoms with Crippen molar-refractivity contribution in [3.8, 4) is 0 Å². The van der Waals surface area contributed by atoms with Crippen LogP contribution in [0.3, 0.4) is 0 Å². The van der Waals surface area contributed by atoms with Crippen molar-refractivity contribution >= 4 is 11.8 Å². The molecule has 0 spiro atoms. The Morgan fingerprint density at radius 1 is 1.50 bits per heavy atom. The zero-order chi connectivity index (χ0) is 11.8. The van der Waals surface area contributed by atoms with Gasteiger partial charge in [-0.25, -0.2) is 0 Å². The number of hydrogen-bond acceptors (Lipinski definition) is 5. The number of nitrogens with one attached hydrogen (secondary N) is 1. The summed E-state index contributed by atoms with van der Waals surface area (Å²) < 4.78 is 0. The Bertz CT molecular complexity index is 284. The molecule has 0 fully saturated rings. The van der Waals surface area contributed by atoms with Gasteiger partial charge in [0, 0.05) is 30.7 Å². The summed E-state index contributed by atoms with van der Waals surface area (Å²) >= 11 is 1.79. The Morgan fingerprint density at radius 2 is 2.31 bits per heavy atom. The van der Waals surface area contributed by atoms with E-state index in [1.807, 2.05) is 6.92 Å². The van der Waals surface area contributed by atoms with Gasteiger partial charge in [0.2, 0.25) is 0 Å². The third-order valence-electron chi connectivity index (χ3n) is 2.40. The lowest BCUT2D eigenvalue weighted by Crippen LogP contribution is -2.35. The van der Waals surface area contributed by atoms with Crippen molar-refractivity contribution in [3.63, 3.8) is 0 Å². The van der Waals surface area contributed by atoms with Gasteiger partial charge in [0.25, 0.3) is 0 Å². The van der Waals surface area contributed by atoms with Crippen LogP contribution in [0, 0.1) is 0 Å². The minimum Gasteiger partial charge on any atom is -0.395 e. The van der Waals surface area contributed by atoms with Gasteiger partial charge in [-0.3, -0.25) is 9.97 Å². The molecule has 0 saturated heterocycles. The maximum absolute atomic E-state index is 9.24. The summed E-state index contributed by atoms with van der Waals surface area (Å²) in [6.07, 6.45) is 8.13. The third-order valence-corrected chi connectivity index (χ3v) is 3.05. The van der Waals surface area contributed by atoms with Crippen LogP contribution in [-0.4, -0.2) is 39.7 Å². The van der Waals surface area contributed by atoms with Gasteiger partial charge < -0.3 is 10.4 Å². The van der Waals surface area contributed by atoms with Crippen LogP contribution in [-0.2, 0) is 0 Å². The first-order valence-electron chi connectivity index (χ1n) is 5.39. The predicted molar refractivity (Wildman–Crippen MR) is 67.5 cm³/mol. The maximum Gasteiger partial charge on any atom is 0.0753 e. The molecule has 0 radical (unpaired) electrons. The summed E-state index contributed by atoms with van der Waals surface area (Å²) in [5.74, 6) is 1.05. The lowest BCUT2D eigenvalue weighted by Gasteiger charge is -2.20. The summed E-state index contributed by atoms with van der Waals surface area (Å²) in [7, 11) is 0. The number of aliphatic hydroxyl groups is 1. The van der Waals surface area contributed by atoms with Gasteiger partial charge in [-0.1, -0.05) is 0 Å². The number of thioether (sulfide) groups is 1. The van der Waals surface area contributed by atoms with Crippen LogP contribution in [0.2, 0.25) is 0 Å². The monoisotopic (exact) mass is 241 g/mol. The van der Waals surface area contributed by atoms with E-state index in [4.69, 9.17) is 0 Å². The van der Waals surface area contributed by atoms with Gasteiger partial charge >= 0.3 is 0 Å². The van der Waals surface area contributed by atoms with Gasteiger partial charge in [0.15, 0.2) is 0 Å². The second-order valence-corrected chi connectivity index (χ2v) is 4.67. The van der Waals surface area contributed by atoms with E-state index < -0.39 is 0 Å². The van der Waals surface area contributed by atoms with Gasteiger partial charge in [-0.2, -0.15) is 11.8 Å². The molecule has 2 unspecified atom stereocenters. The second kappa shape index (κ2) is 7.60. The van der Waals surface area contributed by atoms with E-state index in [2.05, 4.69) is 21.5 Å². The fourth-order valence-electron chi connectivity index (χ4n) is 1.46. The Hall–Kier alpha value is -0.650. The van der Waals surface area contributed by atoms with E-state index in [1.165, 1.54) is 0 Å². The standard InChI is InChI=1S/C11H19N3OS/c1-9(11-7-12-4-5-13-11)14-10(8-15)3-6-16-2/h4-5,7,9-10,14-15H,3,6,8H2,1-2H3. The van der Waals surface area contributed by atoms with Gasteiger partial charge in [-0.05, 0) is 25.4 Å². The van der Waals surface area contributed by atoms with E-state index >= 15 is 0 Å². The Balaban J connectivity index is 2.45. The molecule has 90 valence electrons. The highest BCUT2D eigenvalue weighted by Gasteiger charge is 2.13. The second-order valence-electron chi connectivity index (χ2n) is 3.68. The number of aliphatic hydroxyl groups excluding tert-OH is 1. The fraction of sp³-hybridized carbons (Fsp3) is 0.636. The SMILES string of the molecule is CSCCC(CO)NC(C)c1cnccn1. The molecule has 1 heterocycles. The number of aromatic nitrogens is 2. The molecular formula is C11H19N3OS. The van der Waals surface area contributed by atoms with Crippen LogP contribution in [0.15, 0.2) is 18.6 Å². The normalized spacial score (nSPS) is 14.7. The molecule has 16 heavy (non-hydrogen) atoms. The van der Waals surface area contributed by atoms with Gasteiger partial charge in [-0.15, -0.1) is 0 Å². The fourth-order valence-corrected chi connectivity index (χ4v) is 1.98. The number of nitrogens with zero attached hydrogens (tertiary/aromatic N) is 2. The molecule has 0 saturated carbocycles. The highest BCUT2D eigenvalue weighted by molar-refractivity contribution is 7.98. The first-order valence-corrected chi connectivity index (χ1v) is 6.79. The average Bonchev–Trinajstić information content (AvgIpc) is 2.35. The first kappa shape index (κ1) is 13.4. The molecule has 2 atom stereocenters. The quantitative estimate of drug-likeness (QED) is 0.752. The van der Waals surface area contributed by atoms with Crippen LogP contribution in [0.1, 0.15) is 25.1 Å². The van der Waals surface area contributed by atoms with E-state index in [-0.39, 0.29) is 18.7 Å². The van der Waals surface area contributed by atoms with Crippen molar-refractivity contribution in [1.29, 1.82) is 0 Å². The van der Waals surface area contributed by atoms with E-state index in [1.54, 1.807) is 30.4 Å². The topological polar surface area (TPSA) is 58.0 Å². The molecule has 1 aromatic heterocycles. The summed E-state index contributed by atoms with van der Waals surface area (Å²) in [5.41, 5.74) is 0.908. The van der Waals surface area contributed by atoms with Crippen LogP contribution in [0.25, 0.3) is 0 Å². The van der Waals surface area contributed by atoms with Crippen LogP contribution in [0.5, 0.6) is 0 Å². The smallest absolute Gasteiger partial charge is 0.0753 e. The van der Waals surface area contributed by atoms with Crippen molar-refractivity contribution in [3.05, 3.63) is 24.3 Å². The summed E-state index contributed by atoms with van der Waals surface area (Å²) in [4.78, 5) is 8.27. The lowest BCUT2D eigenvalue weighted by atomic mass is 10.1. The molecule has 1 rings (SSSR count). The average molecular weight is 241 g/mol. The Morgan fingerprint density at radius 3 is 2.88 bits per heavy atom. The highest BCUT2D eigenvalue weighted by Crippen LogP contribution is 2.10. The third kappa shape index (κ3) is 4.47. The summed E-state index contributed by atoms with van der Waals surface area (Å²) in [6, 6.07) is 0.247. The largest absolute Gasteiger partial charge is 0.395 e. The molecule has 0 aromatic carbocycles. The van der Waals surface area contributed by atoms with Crippen molar-refractivity contribution in [1.82, 2.24) is 15.3 Å². The van der Waals surface area contributed by atoms with Crippen molar-refractivity contribution in [2.45, 2.75) is 25.4 Å². The van der Waals surface area contributed by atoms with Gasteiger partial charge in [0.05, 0.1) is 12.3 Å². The Labute approximate surface area is 101 Å². The summed E-state index contributed by atoms with van der Waals surface area (Å²) in [6.45, 7) is 2.19. The van der Waals surface area contributed by atoms with E-state index in [0.29, 0.717) is 0 Å². The number of hydrogen-bond donors (Lipinski definition) is 2. The molecule has 0 aliphatic heterocycles. The van der Waals surface area contributed by atoms with E-state index in [0.717, 1.165) is 17.9 Å². The molecule has 4 nitrogen and oxygen atoms in total. The maximum atomic E-state index is 9.24. The molecule has 5 heteroatoms. The van der Waals surface area contributed by atoms with Crippen molar-refractivity contribution < 1.29 is 5.11 Å². The molecule has 0 aliphatic rings. The minimum absolute atomic E-state index is 0.118. The summed E-state index contributed by atoms with van der Waals surface area (Å²) in [5, 5.41) is 12.6. The van der Waals surface area contributed by atoms with Crippen molar-refractivity contribution in [2.75, 3.05) is 18.6 Å². The first-order chi connectivity index (χ1) is 7.77. The van der Waals surface area contributed by atoms with Crippen LogP contribution >= 0.6 is 11.8 Å². The minimum atomic E-state index is 0.118. The molecule has 1 aromatic rings.